The van der Waals surface area contributed by atoms with Crippen molar-refractivity contribution in [1.29, 1.82) is 0 Å². The highest BCUT2D eigenvalue weighted by Crippen LogP contribution is 2.15. The van der Waals surface area contributed by atoms with Crippen molar-refractivity contribution in [2.24, 2.45) is 0 Å². The Morgan fingerprint density at radius 3 is 2.04 bits per heavy atom. The molecule has 0 aliphatic carbocycles. The van der Waals surface area contributed by atoms with Crippen LogP contribution in [0.4, 0.5) is 0 Å². The van der Waals surface area contributed by atoms with Crippen molar-refractivity contribution in [3.05, 3.63) is 29.8 Å². The summed E-state index contributed by atoms with van der Waals surface area (Å²) in [5.41, 5.74) is 1.13. The molecule has 1 rings (SSSR count). The molecule has 0 saturated heterocycles. The largest absolute Gasteiger partial charge is 0.497 e. The zero-order valence-corrected chi connectivity index (χ0v) is 15.6. The first kappa shape index (κ1) is 20.6. The monoisotopic (exact) mass is 330 g/mol. The molecule has 24 heavy (non-hydrogen) atoms. The first-order chi connectivity index (χ1) is 11.8. The number of rotatable bonds is 14. The van der Waals surface area contributed by atoms with Gasteiger partial charge in [0.2, 0.25) is 0 Å². The van der Waals surface area contributed by atoms with Gasteiger partial charge in [0.25, 0.3) is 0 Å². The van der Waals surface area contributed by atoms with Crippen molar-refractivity contribution in [3.8, 4) is 18.1 Å². The van der Waals surface area contributed by atoms with Crippen LogP contribution in [-0.4, -0.2) is 13.2 Å². The maximum Gasteiger partial charge on any atom is 0.118 e. The topological polar surface area (TPSA) is 18.5 Å². The van der Waals surface area contributed by atoms with Gasteiger partial charge in [-0.05, 0) is 30.5 Å². The molecule has 0 saturated carbocycles. The van der Waals surface area contributed by atoms with Crippen molar-refractivity contribution in [3.63, 3.8) is 0 Å². The van der Waals surface area contributed by atoms with Crippen LogP contribution >= 0.6 is 0 Å². The van der Waals surface area contributed by atoms with Gasteiger partial charge in [-0.1, -0.05) is 76.3 Å². The summed E-state index contributed by atoms with van der Waals surface area (Å²) in [7, 11) is 1.67. The van der Waals surface area contributed by atoms with Gasteiger partial charge in [0.05, 0.1) is 13.7 Å². The lowest BCUT2D eigenvalue weighted by molar-refractivity contribution is 0.0709. The molecular weight excluding hydrogens is 296 g/mol. The van der Waals surface area contributed by atoms with Gasteiger partial charge in [0.15, 0.2) is 0 Å². The number of hydrogen-bond acceptors (Lipinski definition) is 2. The molecule has 134 valence electrons. The Kier molecular flexibility index (Phi) is 11.9. The van der Waals surface area contributed by atoms with Crippen LogP contribution in [0.2, 0.25) is 0 Å². The van der Waals surface area contributed by atoms with Crippen LogP contribution in [0.1, 0.15) is 76.7 Å². The van der Waals surface area contributed by atoms with Gasteiger partial charge in [-0.25, -0.2) is 0 Å². The molecule has 0 radical (unpaired) electrons. The number of benzene rings is 1. The molecule has 0 N–H and O–H groups in total. The Hall–Kier alpha value is -1.46. The Morgan fingerprint density at radius 2 is 1.50 bits per heavy atom. The van der Waals surface area contributed by atoms with Gasteiger partial charge >= 0.3 is 0 Å². The quantitative estimate of drug-likeness (QED) is 0.301. The van der Waals surface area contributed by atoms with E-state index in [2.05, 4.69) is 12.8 Å². The maximum atomic E-state index is 5.85. The van der Waals surface area contributed by atoms with Gasteiger partial charge in [0.1, 0.15) is 11.9 Å². The smallest absolute Gasteiger partial charge is 0.118 e. The minimum Gasteiger partial charge on any atom is -0.497 e. The third kappa shape index (κ3) is 9.63. The summed E-state index contributed by atoms with van der Waals surface area (Å²) in [6.07, 6.45) is 18.5. The average Bonchev–Trinajstić information content (AvgIpc) is 2.63. The molecule has 1 aromatic rings. The summed E-state index contributed by atoms with van der Waals surface area (Å²) in [4.78, 5) is 0. The van der Waals surface area contributed by atoms with E-state index in [1.807, 2.05) is 24.3 Å². The van der Waals surface area contributed by atoms with E-state index >= 15 is 0 Å². The van der Waals surface area contributed by atoms with Crippen molar-refractivity contribution >= 4 is 0 Å². The zero-order chi connectivity index (χ0) is 17.5. The zero-order valence-electron chi connectivity index (χ0n) is 15.6. The molecule has 0 aliphatic heterocycles. The highest BCUT2D eigenvalue weighted by molar-refractivity contribution is 5.26. The Labute approximate surface area is 148 Å². The highest BCUT2D eigenvalue weighted by atomic mass is 16.5. The Morgan fingerprint density at radius 1 is 0.917 bits per heavy atom. The molecule has 0 fully saturated rings. The van der Waals surface area contributed by atoms with Crippen LogP contribution in [0, 0.1) is 12.3 Å². The van der Waals surface area contributed by atoms with Crippen molar-refractivity contribution in [2.75, 3.05) is 7.11 Å². The minimum atomic E-state index is -0.0725. The lowest BCUT2D eigenvalue weighted by Gasteiger charge is -2.12. The van der Waals surface area contributed by atoms with E-state index in [-0.39, 0.29) is 6.10 Å². The van der Waals surface area contributed by atoms with Gasteiger partial charge in [-0.15, -0.1) is 6.42 Å². The van der Waals surface area contributed by atoms with Gasteiger partial charge in [0, 0.05) is 0 Å². The second kappa shape index (κ2) is 13.9. The number of ether oxygens (including phenoxy) is 2. The SMILES string of the molecule is C#CC(CCCCCCCCCCC)OCc1ccc(OC)cc1. The van der Waals surface area contributed by atoms with Gasteiger partial charge in [-0.3, -0.25) is 0 Å². The molecule has 0 aromatic heterocycles. The molecule has 1 atom stereocenters. The summed E-state index contributed by atoms with van der Waals surface area (Å²) in [6, 6.07) is 7.93. The molecule has 0 amide bonds. The van der Waals surface area contributed by atoms with Gasteiger partial charge < -0.3 is 9.47 Å². The first-order valence-electron chi connectivity index (χ1n) is 9.50. The number of unbranched alkanes of at least 4 members (excludes halogenated alkanes) is 8. The molecule has 0 spiro atoms. The van der Waals surface area contributed by atoms with Crippen LogP contribution in [0.5, 0.6) is 5.75 Å². The molecule has 0 bridgehead atoms. The summed E-state index contributed by atoms with van der Waals surface area (Å²) in [6.45, 7) is 2.83. The molecule has 0 heterocycles. The normalized spacial score (nSPS) is 11.9. The van der Waals surface area contributed by atoms with Crippen LogP contribution < -0.4 is 4.74 Å². The van der Waals surface area contributed by atoms with Crippen molar-refractivity contribution in [2.45, 2.75) is 83.8 Å². The summed E-state index contributed by atoms with van der Waals surface area (Å²) in [5, 5.41) is 0. The van der Waals surface area contributed by atoms with Crippen LogP contribution in [0.25, 0.3) is 0 Å². The van der Waals surface area contributed by atoms with E-state index in [1.165, 1.54) is 51.4 Å². The van der Waals surface area contributed by atoms with E-state index in [1.54, 1.807) is 7.11 Å². The lowest BCUT2D eigenvalue weighted by Crippen LogP contribution is -2.10. The highest BCUT2D eigenvalue weighted by Gasteiger charge is 2.05. The average molecular weight is 331 g/mol. The second-order valence-electron chi connectivity index (χ2n) is 6.43. The van der Waals surface area contributed by atoms with E-state index in [4.69, 9.17) is 15.9 Å². The molecule has 1 unspecified atom stereocenters. The maximum absolute atomic E-state index is 5.85. The fourth-order valence-corrected chi connectivity index (χ4v) is 2.77. The van der Waals surface area contributed by atoms with Crippen molar-refractivity contribution in [1.82, 2.24) is 0 Å². The fraction of sp³-hybridized carbons (Fsp3) is 0.636. The molecule has 1 aromatic carbocycles. The fourth-order valence-electron chi connectivity index (χ4n) is 2.77. The van der Waals surface area contributed by atoms with Crippen LogP contribution in [-0.2, 0) is 11.3 Å². The van der Waals surface area contributed by atoms with E-state index in [0.29, 0.717) is 6.61 Å². The molecule has 2 heteroatoms. The van der Waals surface area contributed by atoms with E-state index < -0.39 is 0 Å². The predicted octanol–water partition coefficient (Wildman–Crippen LogP) is 6.13. The predicted molar refractivity (Wildman–Crippen MR) is 102 cm³/mol. The van der Waals surface area contributed by atoms with Gasteiger partial charge in [-0.2, -0.15) is 0 Å². The lowest BCUT2D eigenvalue weighted by atomic mass is 10.1. The summed E-state index contributed by atoms with van der Waals surface area (Å²) >= 11 is 0. The van der Waals surface area contributed by atoms with Crippen LogP contribution in [0.3, 0.4) is 0 Å². The Balaban J connectivity index is 2.06. The number of methoxy groups -OCH3 is 1. The first-order valence-corrected chi connectivity index (χ1v) is 9.50. The summed E-state index contributed by atoms with van der Waals surface area (Å²) in [5.74, 6) is 3.64. The second-order valence-corrected chi connectivity index (χ2v) is 6.43. The standard InChI is InChI=1S/C22H34O2/c1-4-6-7-8-9-10-11-12-13-14-21(5-2)24-19-20-15-17-22(23-3)18-16-20/h2,15-18,21H,4,6-14,19H2,1,3H3. The third-order valence-electron chi connectivity index (χ3n) is 4.37. The van der Waals surface area contributed by atoms with E-state index in [0.717, 1.165) is 24.2 Å². The minimum absolute atomic E-state index is 0.0725. The summed E-state index contributed by atoms with van der Waals surface area (Å²) < 4.78 is 11.0. The number of hydrogen-bond donors (Lipinski definition) is 0. The van der Waals surface area contributed by atoms with E-state index in [9.17, 15) is 0 Å². The molecular formula is C22H34O2. The molecule has 2 nitrogen and oxygen atoms in total. The Bertz CT molecular complexity index is 444. The third-order valence-corrected chi connectivity index (χ3v) is 4.37. The van der Waals surface area contributed by atoms with Crippen LogP contribution in [0.15, 0.2) is 24.3 Å². The van der Waals surface area contributed by atoms with Crippen molar-refractivity contribution < 1.29 is 9.47 Å². The molecule has 0 aliphatic rings. The number of terminal acetylenes is 1.